The first-order valence-corrected chi connectivity index (χ1v) is 7.09. The zero-order valence-electron chi connectivity index (χ0n) is 11.5. The van der Waals surface area contributed by atoms with Crippen LogP contribution < -0.4 is 16.0 Å². The summed E-state index contributed by atoms with van der Waals surface area (Å²) in [6, 6.07) is 9.77. The Labute approximate surface area is 119 Å². The Morgan fingerprint density at radius 2 is 1.85 bits per heavy atom. The monoisotopic (exact) mass is 275 g/mol. The predicted octanol–water partition coefficient (Wildman–Crippen LogP) is 1.27. The molecular formula is C15H21N3O2. The number of nitrogens with one attached hydrogen (secondary N) is 3. The maximum Gasteiger partial charge on any atom is 0.238 e. The zero-order valence-corrected chi connectivity index (χ0v) is 11.5. The van der Waals surface area contributed by atoms with Gasteiger partial charge in [0.1, 0.15) is 0 Å². The zero-order chi connectivity index (χ0) is 14.2. The molecule has 5 nitrogen and oxygen atoms in total. The van der Waals surface area contributed by atoms with Crippen LogP contribution in [0, 0.1) is 0 Å². The molecule has 2 rings (SSSR count). The molecule has 1 saturated carbocycles. The number of carbonyl (C=O) groups excluding carboxylic acids is 2. The Kier molecular flexibility index (Phi) is 5.55. The largest absolute Gasteiger partial charge is 0.353 e. The average Bonchev–Trinajstić information content (AvgIpc) is 3.23. The van der Waals surface area contributed by atoms with E-state index in [2.05, 4.69) is 16.0 Å². The van der Waals surface area contributed by atoms with Gasteiger partial charge in [-0.2, -0.15) is 0 Å². The molecule has 0 heterocycles. The summed E-state index contributed by atoms with van der Waals surface area (Å²) in [6.45, 7) is 0.930. The number of amides is 2. The van der Waals surface area contributed by atoms with Crippen LogP contribution in [-0.2, 0) is 9.59 Å². The highest BCUT2D eigenvalue weighted by Crippen LogP contribution is 2.18. The molecule has 1 aromatic rings. The van der Waals surface area contributed by atoms with Crippen LogP contribution in [0.1, 0.15) is 25.7 Å². The van der Waals surface area contributed by atoms with Crippen molar-refractivity contribution in [3.05, 3.63) is 30.3 Å². The molecule has 0 spiro atoms. The molecule has 0 bridgehead atoms. The van der Waals surface area contributed by atoms with E-state index in [1.54, 1.807) is 0 Å². The smallest absolute Gasteiger partial charge is 0.238 e. The van der Waals surface area contributed by atoms with E-state index in [9.17, 15) is 9.59 Å². The lowest BCUT2D eigenvalue weighted by Crippen LogP contribution is -2.30. The van der Waals surface area contributed by atoms with Crippen LogP contribution in [0.15, 0.2) is 30.3 Å². The van der Waals surface area contributed by atoms with Crippen LogP contribution in [0.5, 0.6) is 0 Å². The molecule has 0 aromatic heterocycles. The minimum atomic E-state index is -0.0707. The van der Waals surface area contributed by atoms with Gasteiger partial charge in [-0.1, -0.05) is 18.2 Å². The summed E-state index contributed by atoms with van der Waals surface area (Å²) in [7, 11) is 0. The lowest BCUT2D eigenvalue weighted by Gasteiger charge is -2.07. The Balaban J connectivity index is 1.50. The van der Waals surface area contributed by atoms with E-state index < -0.39 is 0 Å². The summed E-state index contributed by atoms with van der Waals surface area (Å²) >= 11 is 0. The SMILES string of the molecule is O=C(CNCCCC(=O)NC1CC1)Nc1ccccc1. The van der Waals surface area contributed by atoms with Crippen LogP contribution in [0.3, 0.4) is 0 Å². The molecule has 5 heteroatoms. The molecule has 1 aliphatic rings. The van der Waals surface area contributed by atoms with E-state index in [4.69, 9.17) is 0 Å². The molecule has 0 saturated heterocycles. The standard InChI is InChI=1S/C15H21N3O2/c19-14(17-13-8-9-13)7-4-10-16-11-15(20)18-12-5-2-1-3-6-12/h1-3,5-6,13,16H,4,7-11H2,(H,17,19)(H,18,20). The van der Waals surface area contributed by atoms with Gasteiger partial charge >= 0.3 is 0 Å². The van der Waals surface area contributed by atoms with Gasteiger partial charge in [0.2, 0.25) is 11.8 Å². The number of hydrogen-bond donors (Lipinski definition) is 3. The molecule has 0 aliphatic heterocycles. The maximum absolute atomic E-state index is 11.6. The van der Waals surface area contributed by atoms with Crippen LogP contribution >= 0.6 is 0 Å². The molecule has 108 valence electrons. The fourth-order valence-corrected chi connectivity index (χ4v) is 1.83. The summed E-state index contributed by atoms with van der Waals surface area (Å²) in [5.74, 6) is 0.0432. The highest BCUT2D eigenvalue weighted by atomic mass is 16.2. The third-order valence-electron chi connectivity index (χ3n) is 3.04. The fraction of sp³-hybridized carbons (Fsp3) is 0.467. The molecule has 1 aromatic carbocycles. The second kappa shape index (κ2) is 7.65. The van der Waals surface area contributed by atoms with E-state index in [1.807, 2.05) is 30.3 Å². The average molecular weight is 275 g/mol. The fourth-order valence-electron chi connectivity index (χ4n) is 1.83. The van der Waals surface area contributed by atoms with E-state index in [-0.39, 0.29) is 18.4 Å². The molecule has 0 unspecified atom stereocenters. The second-order valence-corrected chi connectivity index (χ2v) is 5.04. The van der Waals surface area contributed by atoms with Gasteiger partial charge in [0.25, 0.3) is 0 Å². The van der Waals surface area contributed by atoms with Gasteiger partial charge in [-0.3, -0.25) is 9.59 Å². The Bertz CT molecular complexity index is 444. The first kappa shape index (κ1) is 14.5. The molecule has 0 atom stereocenters. The van der Waals surface area contributed by atoms with Crippen molar-refractivity contribution in [2.45, 2.75) is 31.7 Å². The normalized spacial score (nSPS) is 13.8. The van der Waals surface area contributed by atoms with Gasteiger partial charge in [0, 0.05) is 18.2 Å². The van der Waals surface area contributed by atoms with E-state index >= 15 is 0 Å². The molecule has 0 radical (unpaired) electrons. The molecule has 2 amide bonds. The topological polar surface area (TPSA) is 70.2 Å². The quantitative estimate of drug-likeness (QED) is 0.626. The lowest BCUT2D eigenvalue weighted by molar-refractivity contribution is -0.121. The summed E-state index contributed by atoms with van der Waals surface area (Å²) in [5.41, 5.74) is 0.795. The summed E-state index contributed by atoms with van der Waals surface area (Å²) in [5, 5.41) is 8.77. The molecule has 1 aliphatic carbocycles. The Morgan fingerprint density at radius 1 is 1.10 bits per heavy atom. The minimum Gasteiger partial charge on any atom is -0.353 e. The van der Waals surface area contributed by atoms with Gasteiger partial charge in [-0.15, -0.1) is 0 Å². The minimum absolute atomic E-state index is 0.0707. The predicted molar refractivity (Wildman–Crippen MR) is 78.3 cm³/mol. The summed E-state index contributed by atoms with van der Waals surface area (Å²) < 4.78 is 0. The van der Waals surface area contributed by atoms with Crippen molar-refractivity contribution >= 4 is 17.5 Å². The number of carbonyl (C=O) groups is 2. The Morgan fingerprint density at radius 3 is 2.55 bits per heavy atom. The second-order valence-electron chi connectivity index (χ2n) is 5.04. The van der Waals surface area contributed by atoms with Crippen LogP contribution in [0.4, 0.5) is 5.69 Å². The molecule has 20 heavy (non-hydrogen) atoms. The summed E-state index contributed by atoms with van der Waals surface area (Å²) in [6.07, 6.45) is 3.49. The Hall–Kier alpha value is -1.88. The maximum atomic E-state index is 11.6. The number of benzene rings is 1. The third-order valence-corrected chi connectivity index (χ3v) is 3.04. The number of para-hydroxylation sites is 1. The van der Waals surface area contributed by atoms with Crippen molar-refractivity contribution < 1.29 is 9.59 Å². The van der Waals surface area contributed by atoms with Gasteiger partial charge in [-0.05, 0) is 37.9 Å². The first-order valence-electron chi connectivity index (χ1n) is 7.09. The van der Waals surface area contributed by atoms with Crippen LogP contribution in [0.2, 0.25) is 0 Å². The highest BCUT2D eigenvalue weighted by Gasteiger charge is 2.22. The van der Waals surface area contributed by atoms with Gasteiger partial charge in [0.05, 0.1) is 6.54 Å². The van der Waals surface area contributed by atoms with E-state index in [0.29, 0.717) is 19.0 Å². The first-order chi connectivity index (χ1) is 9.74. The van der Waals surface area contributed by atoms with Crippen molar-refractivity contribution in [3.8, 4) is 0 Å². The van der Waals surface area contributed by atoms with Gasteiger partial charge in [-0.25, -0.2) is 0 Å². The van der Waals surface area contributed by atoms with Crippen molar-refractivity contribution in [2.24, 2.45) is 0 Å². The molecule has 3 N–H and O–H groups in total. The van der Waals surface area contributed by atoms with Crippen molar-refractivity contribution in [3.63, 3.8) is 0 Å². The van der Waals surface area contributed by atoms with Gasteiger partial charge in [0.15, 0.2) is 0 Å². The number of rotatable bonds is 8. The summed E-state index contributed by atoms with van der Waals surface area (Å²) in [4.78, 5) is 23.0. The number of anilines is 1. The highest BCUT2D eigenvalue weighted by molar-refractivity contribution is 5.92. The third kappa shape index (κ3) is 5.84. The van der Waals surface area contributed by atoms with E-state index in [0.717, 1.165) is 24.9 Å². The van der Waals surface area contributed by atoms with Crippen LogP contribution in [0.25, 0.3) is 0 Å². The van der Waals surface area contributed by atoms with Crippen molar-refractivity contribution in [1.82, 2.24) is 10.6 Å². The van der Waals surface area contributed by atoms with Gasteiger partial charge < -0.3 is 16.0 Å². The lowest BCUT2D eigenvalue weighted by atomic mass is 10.3. The van der Waals surface area contributed by atoms with Crippen molar-refractivity contribution in [2.75, 3.05) is 18.4 Å². The van der Waals surface area contributed by atoms with E-state index in [1.165, 1.54) is 0 Å². The number of hydrogen-bond acceptors (Lipinski definition) is 3. The molecule has 1 fully saturated rings. The van der Waals surface area contributed by atoms with Crippen molar-refractivity contribution in [1.29, 1.82) is 0 Å². The van der Waals surface area contributed by atoms with Crippen LogP contribution in [-0.4, -0.2) is 30.9 Å². The molecular weight excluding hydrogens is 254 g/mol.